The molecule has 0 saturated heterocycles. The average Bonchev–Trinajstić information content (AvgIpc) is 2.06. The summed E-state index contributed by atoms with van der Waals surface area (Å²) in [5.41, 5.74) is 1.69. The molecule has 0 aliphatic rings. The number of carboxylic acid groups (broad SMARTS) is 1. The standard InChI is InChI=1S/C10H14.CH2O2.FH/c1-10(2,3)9-7-5-4-6-8-9;2-1-3;/h4-8H,1-3H3;1H,(H,2,3);1H. The maximum atomic E-state index is 8.36. The van der Waals surface area contributed by atoms with Gasteiger partial charge >= 0.3 is 0 Å². The summed E-state index contributed by atoms with van der Waals surface area (Å²) in [6, 6.07) is 10.6. The molecule has 80 valence electrons. The van der Waals surface area contributed by atoms with Gasteiger partial charge in [0.1, 0.15) is 0 Å². The lowest BCUT2D eigenvalue weighted by molar-refractivity contribution is -0.122. The Morgan fingerprint density at radius 3 is 1.71 bits per heavy atom. The van der Waals surface area contributed by atoms with Crippen LogP contribution in [0.5, 0.6) is 0 Å². The molecule has 0 spiro atoms. The first-order chi connectivity index (χ1) is 6.02. The largest absolute Gasteiger partial charge is 0.483 e. The van der Waals surface area contributed by atoms with E-state index in [0.717, 1.165) is 0 Å². The molecular formula is C11H17FO2. The molecule has 0 atom stereocenters. The van der Waals surface area contributed by atoms with Crippen molar-refractivity contribution >= 4 is 6.47 Å². The second-order valence-corrected chi connectivity index (χ2v) is 3.72. The predicted molar refractivity (Wildman–Crippen MR) is 56.3 cm³/mol. The fourth-order valence-corrected chi connectivity index (χ4v) is 0.938. The zero-order valence-electron chi connectivity index (χ0n) is 8.73. The highest BCUT2D eigenvalue weighted by Gasteiger charge is 2.11. The Bertz CT molecular complexity index is 239. The molecule has 2 nitrogen and oxygen atoms in total. The van der Waals surface area contributed by atoms with Crippen molar-refractivity contribution in [3.8, 4) is 0 Å². The van der Waals surface area contributed by atoms with Crippen LogP contribution in [0.4, 0.5) is 4.70 Å². The SMILES string of the molecule is CC(C)(C)c1ccccc1.F.O=CO. The van der Waals surface area contributed by atoms with Crippen LogP contribution in [-0.2, 0) is 10.2 Å². The van der Waals surface area contributed by atoms with E-state index in [-0.39, 0.29) is 11.2 Å². The summed E-state index contributed by atoms with van der Waals surface area (Å²) in [7, 11) is 0. The van der Waals surface area contributed by atoms with E-state index in [1.165, 1.54) is 5.56 Å². The van der Waals surface area contributed by atoms with Crippen molar-refractivity contribution in [3.63, 3.8) is 0 Å². The highest BCUT2D eigenvalue weighted by atomic mass is 19.0. The molecule has 0 amide bonds. The van der Waals surface area contributed by atoms with E-state index in [1.54, 1.807) is 0 Å². The predicted octanol–water partition coefficient (Wildman–Crippen LogP) is 2.84. The molecule has 0 heterocycles. The number of halogens is 1. The van der Waals surface area contributed by atoms with E-state index in [1.807, 2.05) is 0 Å². The van der Waals surface area contributed by atoms with Crippen LogP contribution < -0.4 is 0 Å². The molecule has 1 aromatic carbocycles. The zero-order valence-corrected chi connectivity index (χ0v) is 8.73. The number of hydrogen-bond acceptors (Lipinski definition) is 1. The van der Waals surface area contributed by atoms with E-state index in [0.29, 0.717) is 5.41 Å². The van der Waals surface area contributed by atoms with Gasteiger partial charge in [-0.15, -0.1) is 0 Å². The van der Waals surface area contributed by atoms with Gasteiger partial charge in [-0.1, -0.05) is 51.1 Å². The van der Waals surface area contributed by atoms with Crippen LogP contribution in [0.3, 0.4) is 0 Å². The van der Waals surface area contributed by atoms with Gasteiger partial charge in [0.05, 0.1) is 0 Å². The quantitative estimate of drug-likeness (QED) is 0.654. The summed E-state index contributed by atoms with van der Waals surface area (Å²) in [5, 5.41) is 6.89. The highest BCUT2D eigenvalue weighted by molar-refractivity contribution is 5.32. The third-order valence-electron chi connectivity index (χ3n) is 1.64. The number of rotatable bonds is 0. The zero-order chi connectivity index (χ0) is 10.3. The first kappa shape index (κ1) is 15.1. The summed E-state index contributed by atoms with van der Waals surface area (Å²) >= 11 is 0. The van der Waals surface area contributed by atoms with Crippen LogP contribution in [-0.4, -0.2) is 11.6 Å². The molecule has 3 heteroatoms. The van der Waals surface area contributed by atoms with Crippen molar-refractivity contribution in [1.82, 2.24) is 0 Å². The molecule has 0 bridgehead atoms. The Kier molecular flexibility index (Phi) is 7.62. The summed E-state index contributed by atoms with van der Waals surface area (Å²) in [6.45, 7) is 6.42. The van der Waals surface area contributed by atoms with Gasteiger partial charge in [0, 0.05) is 0 Å². The molecule has 1 rings (SSSR count). The molecule has 0 saturated carbocycles. The van der Waals surface area contributed by atoms with Gasteiger partial charge in [-0.25, -0.2) is 0 Å². The van der Waals surface area contributed by atoms with Crippen LogP contribution >= 0.6 is 0 Å². The number of hydrogen-bond donors (Lipinski definition) is 1. The van der Waals surface area contributed by atoms with Crippen molar-refractivity contribution in [1.29, 1.82) is 0 Å². The first-order valence-electron chi connectivity index (χ1n) is 4.15. The van der Waals surface area contributed by atoms with Crippen LogP contribution in [0.25, 0.3) is 0 Å². The lowest BCUT2D eigenvalue weighted by atomic mass is 9.87. The molecule has 0 aromatic heterocycles. The molecule has 14 heavy (non-hydrogen) atoms. The molecule has 1 N–H and O–H groups in total. The van der Waals surface area contributed by atoms with Crippen molar-refractivity contribution < 1.29 is 14.6 Å². The fraction of sp³-hybridized carbons (Fsp3) is 0.364. The molecule has 1 aromatic rings. The van der Waals surface area contributed by atoms with Gasteiger partial charge in [0.2, 0.25) is 0 Å². The van der Waals surface area contributed by atoms with Crippen LogP contribution in [0.2, 0.25) is 0 Å². The fourth-order valence-electron chi connectivity index (χ4n) is 0.938. The van der Waals surface area contributed by atoms with Gasteiger partial charge in [-0.2, -0.15) is 0 Å². The third-order valence-corrected chi connectivity index (χ3v) is 1.64. The monoisotopic (exact) mass is 200 g/mol. The average molecular weight is 200 g/mol. The van der Waals surface area contributed by atoms with Gasteiger partial charge in [-0.3, -0.25) is 9.50 Å². The smallest absolute Gasteiger partial charge is 0.290 e. The molecule has 0 aliphatic heterocycles. The van der Waals surface area contributed by atoms with Crippen LogP contribution in [0, 0.1) is 0 Å². The van der Waals surface area contributed by atoms with E-state index >= 15 is 0 Å². The number of benzene rings is 1. The summed E-state index contributed by atoms with van der Waals surface area (Å²) in [6.07, 6.45) is 0. The Morgan fingerprint density at radius 1 is 1.14 bits per heavy atom. The maximum Gasteiger partial charge on any atom is 0.290 e. The van der Waals surface area contributed by atoms with Gasteiger partial charge in [-0.05, 0) is 11.0 Å². The minimum absolute atomic E-state index is 0. The van der Waals surface area contributed by atoms with E-state index in [9.17, 15) is 0 Å². The molecule has 0 fully saturated rings. The molecule has 0 unspecified atom stereocenters. The van der Waals surface area contributed by atoms with E-state index in [4.69, 9.17) is 9.90 Å². The lowest BCUT2D eigenvalue weighted by Gasteiger charge is -2.18. The van der Waals surface area contributed by atoms with E-state index < -0.39 is 0 Å². The molecule has 0 radical (unpaired) electrons. The lowest BCUT2D eigenvalue weighted by Crippen LogP contribution is -2.10. The van der Waals surface area contributed by atoms with Gasteiger partial charge in [0.15, 0.2) is 0 Å². The topological polar surface area (TPSA) is 37.3 Å². The maximum absolute atomic E-state index is 8.36. The third kappa shape index (κ3) is 6.17. The van der Waals surface area contributed by atoms with Crippen molar-refractivity contribution in [2.75, 3.05) is 0 Å². The Balaban J connectivity index is 0. The summed E-state index contributed by atoms with van der Waals surface area (Å²) in [4.78, 5) is 8.36. The Morgan fingerprint density at radius 2 is 1.50 bits per heavy atom. The summed E-state index contributed by atoms with van der Waals surface area (Å²) < 4.78 is 0. The normalized spacial score (nSPS) is 9.07. The van der Waals surface area contributed by atoms with Crippen LogP contribution in [0.1, 0.15) is 26.3 Å². The molecule has 0 aliphatic carbocycles. The van der Waals surface area contributed by atoms with Crippen LogP contribution in [0.15, 0.2) is 30.3 Å². The molecular weight excluding hydrogens is 183 g/mol. The Labute approximate surface area is 83.9 Å². The van der Waals surface area contributed by atoms with Crippen molar-refractivity contribution in [2.24, 2.45) is 0 Å². The minimum atomic E-state index is -0.250. The van der Waals surface area contributed by atoms with Gasteiger partial charge in [0.25, 0.3) is 6.47 Å². The summed E-state index contributed by atoms with van der Waals surface area (Å²) in [5.74, 6) is 0. The van der Waals surface area contributed by atoms with Gasteiger partial charge < -0.3 is 5.11 Å². The van der Waals surface area contributed by atoms with Crippen molar-refractivity contribution in [2.45, 2.75) is 26.2 Å². The first-order valence-corrected chi connectivity index (χ1v) is 4.15. The number of carbonyl (C=O) groups is 1. The minimum Gasteiger partial charge on any atom is -0.483 e. The second kappa shape index (κ2) is 7.06. The second-order valence-electron chi connectivity index (χ2n) is 3.72. The van der Waals surface area contributed by atoms with E-state index in [2.05, 4.69) is 51.1 Å². The highest BCUT2D eigenvalue weighted by Crippen LogP contribution is 2.20. The van der Waals surface area contributed by atoms with Crippen molar-refractivity contribution in [3.05, 3.63) is 35.9 Å². The Hall–Kier alpha value is -1.38.